The van der Waals surface area contributed by atoms with E-state index >= 15 is 0 Å². The molecule has 0 saturated carbocycles. The zero-order valence-electron chi connectivity index (χ0n) is 17.3. The van der Waals surface area contributed by atoms with Crippen LogP contribution in [0.25, 0.3) is 16.6 Å². The summed E-state index contributed by atoms with van der Waals surface area (Å²) in [6, 6.07) is 13.8. The van der Waals surface area contributed by atoms with Crippen molar-refractivity contribution in [3.8, 4) is 11.5 Å². The third kappa shape index (κ3) is 4.37. The van der Waals surface area contributed by atoms with E-state index in [1.54, 1.807) is 36.4 Å². The van der Waals surface area contributed by atoms with Crippen molar-refractivity contribution in [1.29, 1.82) is 0 Å². The van der Waals surface area contributed by atoms with Gasteiger partial charge < -0.3 is 14.6 Å². The van der Waals surface area contributed by atoms with Gasteiger partial charge in [0.15, 0.2) is 17.3 Å². The quantitative estimate of drug-likeness (QED) is 0.312. The normalized spacial score (nSPS) is 13.9. The monoisotopic (exact) mass is 478 g/mol. The number of hydrogen-bond donors (Lipinski definition) is 1. The van der Waals surface area contributed by atoms with E-state index in [0.717, 1.165) is 23.0 Å². The molecule has 0 aliphatic carbocycles. The number of ketones is 1. The standard InChI is InChI=1S/C24H18N2O5S2/c27-23(15-5-7-20-21(12-15)31-9-2-8-30-20)17(13-16-3-1-10-32-16)22(24(28)29)14-4-6-18-19(11-14)26-33-25-18/h1,3-7,10-12H,2,8-9,13H2,(H,28,29). The van der Waals surface area contributed by atoms with Crippen LogP contribution >= 0.6 is 23.1 Å². The van der Waals surface area contributed by atoms with E-state index in [4.69, 9.17) is 9.47 Å². The average molecular weight is 479 g/mol. The molecule has 2 aromatic heterocycles. The van der Waals surface area contributed by atoms with E-state index in [1.807, 2.05) is 17.5 Å². The van der Waals surface area contributed by atoms with Crippen LogP contribution in [0.15, 0.2) is 59.5 Å². The Bertz CT molecular complexity index is 1370. The van der Waals surface area contributed by atoms with Gasteiger partial charge in [0.1, 0.15) is 11.0 Å². The van der Waals surface area contributed by atoms with Crippen molar-refractivity contribution in [3.05, 3.63) is 75.5 Å². The summed E-state index contributed by atoms with van der Waals surface area (Å²) in [5.74, 6) is -0.479. The van der Waals surface area contributed by atoms with Gasteiger partial charge in [-0.15, -0.1) is 11.3 Å². The van der Waals surface area contributed by atoms with Crippen LogP contribution in [-0.4, -0.2) is 38.8 Å². The van der Waals surface area contributed by atoms with E-state index in [0.29, 0.717) is 46.9 Å². The van der Waals surface area contributed by atoms with Crippen LogP contribution < -0.4 is 9.47 Å². The number of fused-ring (bicyclic) bond motifs is 2. The van der Waals surface area contributed by atoms with E-state index < -0.39 is 5.97 Å². The Labute approximate surface area is 197 Å². The minimum atomic E-state index is -1.17. The van der Waals surface area contributed by atoms with Crippen molar-refractivity contribution in [1.82, 2.24) is 8.75 Å². The minimum absolute atomic E-state index is 0.0459. The second kappa shape index (κ2) is 9.13. The number of aliphatic carboxylic acids is 1. The first-order valence-corrected chi connectivity index (χ1v) is 11.9. The van der Waals surface area contributed by atoms with Gasteiger partial charge in [0.05, 0.1) is 30.5 Å². The minimum Gasteiger partial charge on any atom is -0.490 e. The molecule has 9 heteroatoms. The summed E-state index contributed by atoms with van der Waals surface area (Å²) in [7, 11) is 0. The highest BCUT2D eigenvalue weighted by molar-refractivity contribution is 7.09. The van der Waals surface area contributed by atoms with Crippen LogP contribution in [-0.2, 0) is 11.2 Å². The number of allylic oxidation sites excluding steroid dienone is 1. The Hall–Kier alpha value is -3.56. The van der Waals surface area contributed by atoms with Crippen LogP contribution in [0.5, 0.6) is 11.5 Å². The molecule has 0 unspecified atom stereocenters. The van der Waals surface area contributed by atoms with Gasteiger partial charge in [0.2, 0.25) is 0 Å². The molecule has 0 atom stereocenters. The lowest BCUT2D eigenvalue weighted by Gasteiger charge is -2.14. The predicted octanol–water partition coefficient (Wildman–Crippen LogP) is 4.88. The van der Waals surface area contributed by atoms with Crippen molar-refractivity contribution < 1.29 is 24.2 Å². The van der Waals surface area contributed by atoms with Gasteiger partial charge >= 0.3 is 5.97 Å². The second-order valence-electron chi connectivity index (χ2n) is 7.42. The molecule has 3 heterocycles. The van der Waals surface area contributed by atoms with Crippen molar-refractivity contribution in [3.63, 3.8) is 0 Å². The second-order valence-corrected chi connectivity index (χ2v) is 8.98. The van der Waals surface area contributed by atoms with Crippen LogP contribution in [0.1, 0.15) is 27.2 Å². The van der Waals surface area contributed by atoms with Crippen molar-refractivity contribution in [2.24, 2.45) is 0 Å². The van der Waals surface area contributed by atoms with Gasteiger partial charge in [-0.05, 0) is 47.3 Å². The number of hydrogen-bond acceptors (Lipinski definition) is 8. The summed E-state index contributed by atoms with van der Waals surface area (Å²) >= 11 is 2.53. The zero-order valence-corrected chi connectivity index (χ0v) is 18.9. The lowest BCUT2D eigenvalue weighted by atomic mass is 9.91. The highest BCUT2D eigenvalue weighted by atomic mass is 32.1. The predicted molar refractivity (Wildman–Crippen MR) is 126 cm³/mol. The summed E-state index contributed by atoms with van der Waals surface area (Å²) < 4.78 is 19.8. The number of ether oxygens (including phenoxy) is 2. The molecule has 7 nitrogen and oxygen atoms in total. The Morgan fingerprint density at radius 1 is 0.939 bits per heavy atom. The topological polar surface area (TPSA) is 98.6 Å². The molecule has 166 valence electrons. The lowest BCUT2D eigenvalue weighted by molar-refractivity contribution is -0.130. The molecular formula is C24H18N2O5S2. The number of thiophene rings is 1. The van der Waals surface area contributed by atoms with E-state index in [2.05, 4.69) is 8.75 Å². The van der Waals surface area contributed by atoms with Crippen LogP contribution in [0, 0.1) is 0 Å². The number of carbonyl (C=O) groups excluding carboxylic acids is 1. The van der Waals surface area contributed by atoms with Crippen LogP contribution in [0.2, 0.25) is 0 Å². The van der Waals surface area contributed by atoms with Gasteiger partial charge in [0, 0.05) is 28.9 Å². The van der Waals surface area contributed by atoms with Crippen molar-refractivity contribution in [2.45, 2.75) is 12.8 Å². The highest BCUT2D eigenvalue weighted by Crippen LogP contribution is 2.33. The molecule has 1 N–H and O–H groups in total. The summed E-state index contributed by atoms with van der Waals surface area (Å²) in [6.07, 6.45) is 0.943. The third-order valence-corrected chi connectivity index (χ3v) is 6.71. The molecule has 5 rings (SSSR count). The fourth-order valence-corrected chi connectivity index (χ4v) is 4.95. The fourth-order valence-electron chi connectivity index (χ4n) is 3.71. The smallest absolute Gasteiger partial charge is 0.336 e. The Balaban J connectivity index is 1.65. The number of nitrogens with zero attached hydrogens (tertiary/aromatic N) is 2. The Morgan fingerprint density at radius 3 is 2.52 bits per heavy atom. The molecule has 0 fully saturated rings. The molecule has 0 amide bonds. The van der Waals surface area contributed by atoms with Crippen molar-refractivity contribution in [2.75, 3.05) is 13.2 Å². The Morgan fingerprint density at radius 2 is 1.73 bits per heavy atom. The molecule has 0 bridgehead atoms. The summed E-state index contributed by atoms with van der Waals surface area (Å²) in [5.41, 5.74) is 2.19. The molecule has 0 radical (unpaired) electrons. The number of Topliss-reactive ketones (excluding diaryl/α,β-unsaturated/α-hetero) is 1. The first kappa shape index (κ1) is 21.3. The molecular weight excluding hydrogens is 460 g/mol. The Kier molecular flexibility index (Phi) is 5.89. The number of carbonyl (C=O) groups is 2. The zero-order chi connectivity index (χ0) is 22.8. The largest absolute Gasteiger partial charge is 0.490 e. The van der Waals surface area contributed by atoms with Gasteiger partial charge in [-0.2, -0.15) is 8.75 Å². The van der Waals surface area contributed by atoms with Gasteiger partial charge in [-0.3, -0.25) is 4.79 Å². The highest BCUT2D eigenvalue weighted by Gasteiger charge is 2.25. The molecule has 0 spiro atoms. The number of carboxylic acids is 1. The number of carboxylic acid groups (broad SMARTS) is 1. The summed E-state index contributed by atoms with van der Waals surface area (Å²) in [6.45, 7) is 1.03. The molecule has 33 heavy (non-hydrogen) atoms. The maximum atomic E-state index is 13.7. The summed E-state index contributed by atoms with van der Waals surface area (Å²) in [4.78, 5) is 27.1. The number of rotatable bonds is 6. The maximum absolute atomic E-state index is 13.7. The van der Waals surface area contributed by atoms with E-state index in [9.17, 15) is 14.7 Å². The van der Waals surface area contributed by atoms with Crippen LogP contribution in [0.4, 0.5) is 0 Å². The van der Waals surface area contributed by atoms with Gasteiger partial charge in [-0.25, -0.2) is 4.79 Å². The maximum Gasteiger partial charge on any atom is 0.336 e. The molecule has 4 aromatic rings. The van der Waals surface area contributed by atoms with E-state index in [1.165, 1.54) is 11.3 Å². The summed E-state index contributed by atoms with van der Waals surface area (Å²) in [5, 5.41) is 12.1. The molecule has 1 aliphatic rings. The van der Waals surface area contributed by atoms with Gasteiger partial charge in [-0.1, -0.05) is 12.1 Å². The first-order valence-electron chi connectivity index (χ1n) is 10.3. The lowest BCUT2D eigenvalue weighted by Crippen LogP contribution is -2.14. The third-order valence-electron chi connectivity index (χ3n) is 5.27. The molecule has 2 aromatic carbocycles. The van der Waals surface area contributed by atoms with Crippen molar-refractivity contribution >= 4 is 51.4 Å². The van der Waals surface area contributed by atoms with Gasteiger partial charge in [0.25, 0.3) is 0 Å². The SMILES string of the molecule is O=C(O)C(=C(Cc1cccs1)C(=O)c1ccc2c(c1)OCCCO2)c1ccc2nsnc2c1. The average Bonchev–Trinajstić information content (AvgIpc) is 3.44. The number of aromatic nitrogens is 2. The van der Waals surface area contributed by atoms with Crippen LogP contribution in [0.3, 0.4) is 0 Å². The number of benzene rings is 2. The fraction of sp³-hybridized carbons (Fsp3) is 0.167. The molecule has 0 saturated heterocycles. The van der Waals surface area contributed by atoms with E-state index in [-0.39, 0.29) is 23.4 Å². The molecule has 1 aliphatic heterocycles. The first-order chi connectivity index (χ1) is 16.1.